The number of hydrogen-bond donors (Lipinski definition) is 0. The molecule has 0 radical (unpaired) electrons. The van der Waals surface area contributed by atoms with Gasteiger partial charge < -0.3 is 14.5 Å². The van der Waals surface area contributed by atoms with Crippen LogP contribution in [0.25, 0.3) is 0 Å². The summed E-state index contributed by atoms with van der Waals surface area (Å²) in [5.41, 5.74) is 3.28. The number of ether oxygens (including phenoxy) is 1. The van der Waals surface area contributed by atoms with E-state index < -0.39 is 0 Å². The van der Waals surface area contributed by atoms with Crippen molar-refractivity contribution in [1.29, 1.82) is 0 Å². The second-order valence-corrected chi connectivity index (χ2v) is 7.72. The molecule has 2 aromatic rings. The van der Waals surface area contributed by atoms with Gasteiger partial charge in [0.1, 0.15) is 0 Å². The summed E-state index contributed by atoms with van der Waals surface area (Å²) >= 11 is 0. The summed E-state index contributed by atoms with van der Waals surface area (Å²) in [7, 11) is 3.56. The third-order valence-electron chi connectivity index (χ3n) is 5.64. The maximum atomic E-state index is 12.1. The van der Waals surface area contributed by atoms with Gasteiger partial charge in [-0.3, -0.25) is 4.79 Å². The molecule has 2 aromatic carbocycles. The third kappa shape index (κ3) is 5.21. The molecule has 3 rings (SSSR count). The molecule has 0 unspecified atom stereocenters. The van der Waals surface area contributed by atoms with Crippen LogP contribution in [0.3, 0.4) is 0 Å². The van der Waals surface area contributed by atoms with Crippen LogP contribution in [0.5, 0.6) is 0 Å². The largest absolute Gasteiger partial charge is 0.373 e. The Hall–Kier alpha value is -2.17. The smallest absolute Gasteiger partial charge is 0.253 e. The summed E-state index contributed by atoms with van der Waals surface area (Å²) in [5.74, 6) is 0.0343. The van der Waals surface area contributed by atoms with Crippen LogP contribution in [0.2, 0.25) is 0 Å². The lowest BCUT2D eigenvalue weighted by molar-refractivity contribution is -0.0274. The first-order chi connectivity index (χ1) is 13.6. The Morgan fingerprint density at radius 2 is 1.79 bits per heavy atom. The zero-order valence-corrected chi connectivity index (χ0v) is 17.3. The Labute approximate surface area is 169 Å². The van der Waals surface area contributed by atoms with E-state index in [1.165, 1.54) is 11.1 Å². The zero-order valence-electron chi connectivity index (χ0n) is 17.3. The highest BCUT2D eigenvalue weighted by Crippen LogP contribution is 2.31. The topological polar surface area (TPSA) is 32.8 Å². The van der Waals surface area contributed by atoms with Gasteiger partial charge in [-0.25, -0.2) is 0 Å². The molecule has 1 amide bonds. The SMILES string of the molecule is CCN(CCc1ccccc1)[C@H]1CCO[C@@H](c2ccc(C(=O)N(C)C)cc2)C1. The fourth-order valence-electron chi connectivity index (χ4n) is 3.96. The fourth-order valence-corrected chi connectivity index (χ4v) is 3.96. The minimum Gasteiger partial charge on any atom is -0.373 e. The number of hydrogen-bond acceptors (Lipinski definition) is 3. The number of amides is 1. The van der Waals surface area contributed by atoms with Crippen molar-refractivity contribution in [3.05, 3.63) is 71.3 Å². The van der Waals surface area contributed by atoms with Crippen molar-refractivity contribution in [2.24, 2.45) is 0 Å². The second-order valence-electron chi connectivity index (χ2n) is 7.72. The number of carbonyl (C=O) groups is 1. The number of likely N-dealkylation sites (N-methyl/N-ethyl adjacent to an activating group) is 1. The van der Waals surface area contributed by atoms with Gasteiger partial charge in [-0.2, -0.15) is 0 Å². The van der Waals surface area contributed by atoms with Crippen molar-refractivity contribution in [3.8, 4) is 0 Å². The summed E-state index contributed by atoms with van der Waals surface area (Å²) < 4.78 is 6.08. The predicted octanol–water partition coefficient (Wildman–Crippen LogP) is 4.17. The van der Waals surface area contributed by atoms with Crippen molar-refractivity contribution >= 4 is 5.91 Å². The summed E-state index contributed by atoms with van der Waals surface area (Å²) in [6, 6.07) is 19.2. The highest BCUT2D eigenvalue weighted by Gasteiger charge is 2.27. The summed E-state index contributed by atoms with van der Waals surface area (Å²) in [6.07, 6.45) is 3.27. The van der Waals surface area contributed by atoms with Crippen molar-refractivity contribution in [2.75, 3.05) is 33.8 Å². The van der Waals surface area contributed by atoms with E-state index in [0.29, 0.717) is 6.04 Å². The van der Waals surface area contributed by atoms with E-state index in [-0.39, 0.29) is 12.0 Å². The number of carbonyl (C=O) groups excluding carboxylic acids is 1. The van der Waals surface area contributed by atoms with E-state index >= 15 is 0 Å². The summed E-state index contributed by atoms with van der Waals surface area (Å²) in [5, 5.41) is 0. The van der Waals surface area contributed by atoms with Crippen LogP contribution >= 0.6 is 0 Å². The molecule has 2 atom stereocenters. The van der Waals surface area contributed by atoms with Gasteiger partial charge in [-0.1, -0.05) is 49.4 Å². The minimum atomic E-state index is 0.0343. The summed E-state index contributed by atoms with van der Waals surface area (Å²) in [6.45, 7) is 5.17. The second kappa shape index (κ2) is 9.85. The summed E-state index contributed by atoms with van der Waals surface area (Å²) in [4.78, 5) is 16.3. The van der Waals surface area contributed by atoms with Crippen LogP contribution in [0.1, 0.15) is 47.4 Å². The van der Waals surface area contributed by atoms with Crippen LogP contribution in [0.15, 0.2) is 54.6 Å². The molecule has 0 N–H and O–H groups in total. The van der Waals surface area contributed by atoms with Gasteiger partial charge in [0.25, 0.3) is 5.91 Å². The normalized spacial score (nSPS) is 19.6. The van der Waals surface area contributed by atoms with Crippen molar-refractivity contribution < 1.29 is 9.53 Å². The molecule has 1 saturated heterocycles. The molecule has 28 heavy (non-hydrogen) atoms. The van der Waals surface area contributed by atoms with Crippen molar-refractivity contribution in [3.63, 3.8) is 0 Å². The Balaban J connectivity index is 1.61. The molecule has 0 spiro atoms. The van der Waals surface area contributed by atoms with E-state index in [9.17, 15) is 4.79 Å². The molecule has 0 bridgehead atoms. The van der Waals surface area contributed by atoms with Crippen LogP contribution in [-0.2, 0) is 11.2 Å². The maximum absolute atomic E-state index is 12.1. The molecule has 1 heterocycles. The molecular weight excluding hydrogens is 348 g/mol. The standard InChI is InChI=1S/C24H32N2O2/c1-4-26(16-14-19-8-6-5-7-9-19)22-15-17-28-23(18-22)20-10-12-21(13-11-20)24(27)25(2)3/h5-13,22-23H,4,14-18H2,1-3H3/t22-,23+/m0/s1. The highest BCUT2D eigenvalue weighted by molar-refractivity contribution is 5.93. The van der Waals surface area contributed by atoms with Crippen LogP contribution in [0, 0.1) is 0 Å². The van der Waals surface area contributed by atoms with Gasteiger partial charge >= 0.3 is 0 Å². The van der Waals surface area contributed by atoms with Crippen LogP contribution < -0.4 is 0 Å². The van der Waals surface area contributed by atoms with Gasteiger partial charge in [-0.05, 0) is 49.1 Å². The van der Waals surface area contributed by atoms with Gasteiger partial charge in [-0.15, -0.1) is 0 Å². The molecule has 150 valence electrons. The average molecular weight is 381 g/mol. The molecule has 4 nitrogen and oxygen atoms in total. The fraction of sp³-hybridized carbons (Fsp3) is 0.458. The first-order valence-corrected chi connectivity index (χ1v) is 10.3. The molecule has 0 aliphatic carbocycles. The van der Waals surface area contributed by atoms with Crippen LogP contribution in [0.4, 0.5) is 0 Å². The number of benzene rings is 2. The molecular formula is C24H32N2O2. The number of nitrogens with zero attached hydrogens (tertiary/aromatic N) is 2. The maximum Gasteiger partial charge on any atom is 0.253 e. The van der Waals surface area contributed by atoms with E-state index in [4.69, 9.17) is 4.74 Å². The lowest BCUT2D eigenvalue weighted by Gasteiger charge is -2.37. The lowest BCUT2D eigenvalue weighted by atomic mass is 9.95. The first-order valence-electron chi connectivity index (χ1n) is 10.3. The lowest BCUT2D eigenvalue weighted by Crippen LogP contribution is -2.41. The highest BCUT2D eigenvalue weighted by atomic mass is 16.5. The monoisotopic (exact) mass is 380 g/mol. The van der Waals surface area contributed by atoms with Gasteiger partial charge in [0, 0.05) is 38.9 Å². The van der Waals surface area contributed by atoms with Crippen molar-refractivity contribution in [2.45, 2.75) is 38.3 Å². The average Bonchev–Trinajstić information content (AvgIpc) is 2.74. The molecule has 1 aliphatic heterocycles. The minimum absolute atomic E-state index is 0.0343. The van der Waals surface area contributed by atoms with E-state index in [2.05, 4.69) is 42.2 Å². The predicted molar refractivity (Wildman–Crippen MR) is 114 cm³/mol. The Morgan fingerprint density at radius 1 is 1.07 bits per heavy atom. The first kappa shape index (κ1) is 20.6. The van der Waals surface area contributed by atoms with Gasteiger partial charge in [0.2, 0.25) is 0 Å². The molecule has 4 heteroatoms. The van der Waals surface area contributed by atoms with Crippen LogP contribution in [-0.4, -0.2) is 55.5 Å². The Bertz CT molecular complexity index is 743. The quantitative estimate of drug-likeness (QED) is 0.723. The number of rotatable bonds is 7. The molecule has 1 aliphatic rings. The van der Waals surface area contributed by atoms with E-state index in [0.717, 1.165) is 44.5 Å². The Morgan fingerprint density at radius 3 is 2.43 bits per heavy atom. The van der Waals surface area contributed by atoms with Gasteiger partial charge in [0.05, 0.1) is 6.10 Å². The van der Waals surface area contributed by atoms with E-state index in [1.54, 1.807) is 19.0 Å². The third-order valence-corrected chi connectivity index (χ3v) is 5.64. The zero-order chi connectivity index (χ0) is 19.9. The Kier molecular flexibility index (Phi) is 7.24. The van der Waals surface area contributed by atoms with E-state index in [1.807, 2.05) is 24.3 Å². The molecule has 1 fully saturated rings. The van der Waals surface area contributed by atoms with Crippen molar-refractivity contribution in [1.82, 2.24) is 9.80 Å². The molecule has 0 aromatic heterocycles. The molecule has 0 saturated carbocycles. The van der Waals surface area contributed by atoms with Gasteiger partial charge in [0.15, 0.2) is 0 Å².